The first-order valence-electron chi connectivity index (χ1n) is 13.0. The molecule has 0 radical (unpaired) electrons. The molecule has 4 aromatic heterocycles. The maximum absolute atomic E-state index is 13.3. The van der Waals surface area contributed by atoms with E-state index in [0.717, 1.165) is 22.5 Å². The number of carbonyl (C=O) groups is 1. The predicted molar refractivity (Wildman–Crippen MR) is 150 cm³/mol. The van der Waals surface area contributed by atoms with Gasteiger partial charge in [0, 0.05) is 56.7 Å². The summed E-state index contributed by atoms with van der Waals surface area (Å²) in [4.78, 5) is 26.8. The molecule has 5 aromatic rings. The van der Waals surface area contributed by atoms with Gasteiger partial charge < -0.3 is 15.5 Å². The Labute approximate surface area is 231 Å². The van der Waals surface area contributed by atoms with Crippen LogP contribution in [0.4, 0.5) is 5.82 Å². The summed E-state index contributed by atoms with van der Waals surface area (Å²) in [5.41, 5.74) is 10.2. The average molecular weight is 533 g/mol. The van der Waals surface area contributed by atoms with Gasteiger partial charge >= 0.3 is 0 Å². The topological polar surface area (TPSA) is 134 Å². The van der Waals surface area contributed by atoms with Gasteiger partial charge in [0.15, 0.2) is 0 Å². The van der Waals surface area contributed by atoms with Crippen LogP contribution in [0.3, 0.4) is 0 Å². The van der Waals surface area contributed by atoms with Gasteiger partial charge in [-0.3, -0.25) is 9.48 Å². The van der Waals surface area contributed by atoms with Crippen LogP contribution in [0.2, 0.25) is 0 Å². The summed E-state index contributed by atoms with van der Waals surface area (Å²) < 4.78 is 3.39. The number of rotatable bonds is 5. The lowest BCUT2D eigenvalue weighted by atomic mass is 9.91. The third-order valence-corrected chi connectivity index (χ3v) is 7.35. The first kappa shape index (κ1) is 25.2. The van der Waals surface area contributed by atoms with Crippen LogP contribution in [-0.4, -0.2) is 66.3 Å². The highest BCUT2D eigenvalue weighted by atomic mass is 16.2. The molecule has 1 atom stereocenters. The molecule has 0 saturated carbocycles. The Morgan fingerprint density at radius 2 is 1.75 bits per heavy atom. The van der Waals surface area contributed by atoms with Crippen molar-refractivity contribution in [3.8, 4) is 28.6 Å². The molecule has 5 heterocycles. The van der Waals surface area contributed by atoms with E-state index in [1.54, 1.807) is 40.9 Å². The fourth-order valence-electron chi connectivity index (χ4n) is 5.08. The smallest absolute Gasteiger partial charge is 0.247 e. The largest absolute Gasteiger partial charge is 0.353 e. The number of hydrogen-bond donors (Lipinski definition) is 1. The lowest BCUT2D eigenvalue weighted by Gasteiger charge is -2.39. The summed E-state index contributed by atoms with van der Waals surface area (Å²) >= 11 is 0. The van der Waals surface area contributed by atoms with Crippen molar-refractivity contribution in [1.82, 2.24) is 34.3 Å². The number of amides is 1. The molecule has 1 aromatic carbocycles. The second-order valence-electron chi connectivity index (χ2n) is 10.1. The SMILES string of the molecule is Cn1cc(-c2cn3ncc(C#N)c3c(-c3ccc(N4CCN(C(=O)C(C)(N)c5ccccc5)CC4)nc3)n2)cn1. The molecular weight excluding hydrogens is 504 g/mol. The second-order valence-corrected chi connectivity index (χ2v) is 10.1. The van der Waals surface area contributed by atoms with Crippen LogP contribution < -0.4 is 10.6 Å². The number of fused-ring (bicyclic) bond motifs is 1. The van der Waals surface area contributed by atoms with Crippen LogP contribution >= 0.6 is 0 Å². The zero-order chi connectivity index (χ0) is 27.9. The van der Waals surface area contributed by atoms with Crippen molar-refractivity contribution >= 4 is 17.2 Å². The van der Waals surface area contributed by atoms with Gasteiger partial charge in [0.1, 0.15) is 28.5 Å². The zero-order valence-electron chi connectivity index (χ0n) is 22.3. The summed E-state index contributed by atoms with van der Waals surface area (Å²) in [7, 11) is 1.85. The molecule has 0 bridgehead atoms. The predicted octanol–water partition coefficient (Wildman–Crippen LogP) is 2.59. The lowest BCUT2D eigenvalue weighted by Crippen LogP contribution is -2.56. The van der Waals surface area contributed by atoms with Crippen molar-refractivity contribution in [3.63, 3.8) is 0 Å². The molecular formula is C29H28N10O. The van der Waals surface area contributed by atoms with Crippen molar-refractivity contribution in [2.24, 2.45) is 12.8 Å². The molecule has 0 spiro atoms. The van der Waals surface area contributed by atoms with Crippen LogP contribution in [0.15, 0.2) is 73.4 Å². The zero-order valence-corrected chi connectivity index (χ0v) is 22.3. The molecule has 1 amide bonds. The van der Waals surface area contributed by atoms with Gasteiger partial charge in [-0.2, -0.15) is 15.5 Å². The summed E-state index contributed by atoms with van der Waals surface area (Å²) in [6.07, 6.45) is 8.73. The van der Waals surface area contributed by atoms with E-state index in [-0.39, 0.29) is 5.91 Å². The average Bonchev–Trinajstić information content (AvgIpc) is 3.63. The van der Waals surface area contributed by atoms with Crippen molar-refractivity contribution < 1.29 is 4.79 Å². The van der Waals surface area contributed by atoms with Crippen molar-refractivity contribution in [1.29, 1.82) is 5.26 Å². The highest BCUT2D eigenvalue weighted by Gasteiger charge is 2.35. The van der Waals surface area contributed by atoms with Crippen LogP contribution in [-0.2, 0) is 17.4 Å². The molecule has 0 aliphatic carbocycles. The van der Waals surface area contributed by atoms with E-state index in [9.17, 15) is 10.1 Å². The molecule has 1 saturated heterocycles. The van der Waals surface area contributed by atoms with Crippen LogP contribution in [0.1, 0.15) is 18.1 Å². The Kier molecular flexibility index (Phi) is 6.24. The summed E-state index contributed by atoms with van der Waals surface area (Å²) in [6.45, 7) is 4.16. The first-order valence-corrected chi connectivity index (χ1v) is 13.0. The van der Waals surface area contributed by atoms with Gasteiger partial charge in [-0.15, -0.1) is 0 Å². The number of nitrogens with two attached hydrogens (primary N) is 1. The Balaban J connectivity index is 1.22. The summed E-state index contributed by atoms with van der Waals surface area (Å²) in [6, 6.07) is 15.6. The van der Waals surface area contributed by atoms with Gasteiger partial charge in [-0.05, 0) is 24.6 Å². The van der Waals surface area contributed by atoms with E-state index >= 15 is 0 Å². The minimum atomic E-state index is -1.08. The Morgan fingerprint density at radius 1 is 0.975 bits per heavy atom. The highest BCUT2D eigenvalue weighted by molar-refractivity contribution is 5.87. The number of aromatic nitrogens is 6. The van der Waals surface area contributed by atoms with Crippen molar-refractivity contribution in [2.45, 2.75) is 12.5 Å². The fraction of sp³-hybridized carbons (Fsp3) is 0.241. The van der Waals surface area contributed by atoms with E-state index in [1.165, 1.54) is 0 Å². The minimum absolute atomic E-state index is 0.0839. The number of aryl methyl sites for hydroxylation is 1. The lowest BCUT2D eigenvalue weighted by molar-refractivity contribution is -0.137. The Bertz CT molecular complexity index is 1720. The normalized spacial score (nSPS) is 15.2. The van der Waals surface area contributed by atoms with E-state index in [1.807, 2.05) is 60.6 Å². The Hall–Kier alpha value is -5.08. The molecule has 2 N–H and O–H groups in total. The maximum Gasteiger partial charge on any atom is 0.247 e. The molecule has 11 nitrogen and oxygen atoms in total. The second kappa shape index (κ2) is 9.91. The standard InChI is InChI=1S/C29H28N10O/c1-29(31,23-6-4-3-5-7-23)28(40)38-12-10-37(11-13-38)25-9-8-20(15-32-25)26-27-21(14-30)16-34-39(27)19-24(35-26)22-17-33-36(2)18-22/h3-9,15-19H,10-13,31H2,1-2H3. The van der Waals surface area contributed by atoms with Crippen molar-refractivity contribution in [2.75, 3.05) is 31.1 Å². The third-order valence-electron chi connectivity index (χ3n) is 7.35. The number of piperazine rings is 1. The number of anilines is 1. The van der Waals surface area contributed by atoms with Crippen LogP contribution in [0.25, 0.3) is 28.0 Å². The van der Waals surface area contributed by atoms with E-state index < -0.39 is 5.54 Å². The van der Waals surface area contributed by atoms with Crippen LogP contribution in [0.5, 0.6) is 0 Å². The minimum Gasteiger partial charge on any atom is -0.353 e. The number of carbonyl (C=O) groups excluding carboxylic acids is 1. The molecule has 1 unspecified atom stereocenters. The molecule has 1 fully saturated rings. The van der Waals surface area contributed by atoms with E-state index in [4.69, 9.17) is 15.7 Å². The number of nitrogens with zero attached hydrogens (tertiary/aromatic N) is 9. The van der Waals surface area contributed by atoms with Crippen LogP contribution in [0, 0.1) is 11.3 Å². The number of hydrogen-bond acceptors (Lipinski definition) is 8. The molecule has 6 rings (SSSR count). The van der Waals surface area contributed by atoms with Gasteiger partial charge in [0.2, 0.25) is 5.91 Å². The molecule has 40 heavy (non-hydrogen) atoms. The number of benzene rings is 1. The van der Waals surface area contributed by atoms with Crippen molar-refractivity contribution in [3.05, 3.63) is 84.6 Å². The van der Waals surface area contributed by atoms with E-state index in [0.29, 0.717) is 48.6 Å². The van der Waals surface area contributed by atoms with Gasteiger partial charge in [-0.1, -0.05) is 30.3 Å². The fourth-order valence-corrected chi connectivity index (χ4v) is 5.08. The quantitative estimate of drug-likeness (QED) is 0.365. The van der Waals surface area contributed by atoms with Gasteiger partial charge in [0.05, 0.1) is 30.0 Å². The summed E-state index contributed by atoms with van der Waals surface area (Å²) in [5, 5.41) is 18.3. The third kappa shape index (κ3) is 4.44. The Morgan fingerprint density at radius 3 is 2.40 bits per heavy atom. The molecule has 200 valence electrons. The molecule has 1 aliphatic heterocycles. The monoisotopic (exact) mass is 532 g/mol. The molecule has 11 heteroatoms. The highest BCUT2D eigenvalue weighted by Crippen LogP contribution is 2.29. The number of pyridine rings is 1. The molecule has 1 aliphatic rings. The first-order chi connectivity index (χ1) is 19.3. The number of nitriles is 1. The van der Waals surface area contributed by atoms with Gasteiger partial charge in [0.25, 0.3) is 0 Å². The van der Waals surface area contributed by atoms with E-state index in [2.05, 4.69) is 21.2 Å². The summed E-state index contributed by atoms with van der Waals surface area (Å²) in [5.74, 6) is 0.724. The van der Waals surface area contributed by atoms with Gasteiger partial charge in [-0.25, -0.2) is 14.5 Å². The maximum atomic E-state index is 13.3.